The summed E-state index contributed by atoms with van der Waals surface area (Å²) in [7, 11) is 0. The molecule has 1 aliphatic heterocycles. The first-order valence-corrected chi connectivity index (χ1v) is 11.1. The fraction of sp³-hybridized carbons (Fsp3) is 0.652. The van der Waals surface area contributed by atoms with Gasteiger partial charge in [-0.1, -0.05) is 6.08 Å². The van der Waals surface area contributed by atoms with Crippen molar-refractivity contribution in [2.45, 2.75) is 72.0 Å². The number of allylic oxidation sites excluding steroid dienone is 1. The Bertz CT molecular complexity index is 726. The topological polar surface area (TPSA) is 55.8 Å². The molecular weight excluding hydrogens is 386 g/mol. The van der Waals surface area contributed by atoms with E-state index < -0.39 is 11.2 Å². The molecule has 29 heavy (non-hydrogen) atoms. The van der Waals surface area contributed by atoms with E-state index in [0.29, 0.717) is 19.5 Å². The normalized spacial score (nSPS) is 18.4. The van der Waals surface area contributed by atoms with Gasteiger partial charge < -0.3 is 14.4 Å². The van der Waals surface area contributed by atoms with Gasteiger partial charge in [0.15, 0.2) is 0 Å². The van der Waals surface area contributed by atoms with Crippen LogP contribution in [0.25, 0.3) is 0 Å². The summed E-state index contributed by atoms with van der Waals surface area (Å²) in [6, 6.07) is 2.14. The van der Waals surface area contributed by atoms with Crippen molar-refractivity contribution in [3.8, 4) is 0 Å². The summed E-state index contributed by atoms with van der Waals surface area (Å²) in [5.74, 6) is -0.419. The minimum absolute atomic E-state index is 0.0557. The monoisotopic (exact) mass is 421 g/mol. The van der Waals surface area contributed by atoms with Crippen LogP contribution in [0.5, 0.6) is 0 Å². The van der Waals surface area contributed by atoms with E-state index in [2.05, 4.69) is 18.0 Å². The highest BCUT2D eigenvalue weighted by molar-refractivity contribution is 7.10. The van der Waals surface area contributed by atoms with E-state index in [4.69, 9.17) is 9.47 Å². The first kappa shape index (κ1) is 23.5. The quantitative estimate of drug-likeness (QED) is 0.466. The third-order valence-corrected chi connectivity index (χ3v) is 5.67. The molecule has 0 unspecified atom stereocenters. The molecule has 162 valence electrons. The van der Waals surface area contributed by atoms with Gasteiger partial charge in [0.25, 0.3) is 0 Å². The third-order valence-electron chi connectivity index (χ3n) is 4.66. The number of carbonyl (C=O) groups excluding carboxylic acids is 2. The third kappa shape index (κ3) is 7.50. The van der Waals surface area contributed by atoms with E-state index in [1.165, 1.54) is 4.88 Å². The molecule has 0 N–H and O–H groups in total. The zero-order valence-corrected chi connectivity index (χ0v) is 19.4. The van der Waals surface area contributed by atoms with E-state index >= 15 is 0 Å². The van der Waals surface area contributed by atoms with E-state index in [-0.39, 0.29) is 23.9 Å². The van der Waals surface area contributed by atoms with Gasteiger partial charge in [-0.3, -0.25) is 4.79 Å². The van der Waals surface area contributed by atoms with Crippen molar-refractivity contribution in [3.63, 3.8) is 0 Å². The van der Waals surface area contributed by atoms with Crippen LogP contribution < -0.4 is 0 Å². The summed E-state index contributed by atoms with van der Waals surface area (Å²) in [4.78, 5) is 28.4. The molecule has 6 heteroatoms. The minimum Gasteiger partial charge on any atom is -0.460 e. The number of carbonyl (C=O) groups is 2. The molecule has 1 fully saturated rings. The smallest absolute Gasteiger partial charge is 0.410 e. The summed E-state index contributed by atoms with van der Waals surface area (Å²) in [6.07, 6.45) is 3.79. The molecule has 0 aliphatic carbocycles. The van der Waals surface area contributed by atoms with Gasteiger partial charge in [0.1, 0.15) is 11.2 Å². The maximum atomic E-state index is 13.0. The van der Waals surface area contributed by atoms with Crippen molar-refractivity contribution < 1.29 is 19.1 Å². The summed E-state index contributed by atoms with van der Waals surface area (Å²) in [6.45, 7) is 16.1. The van der Waals surface area contributed by atoms with E-state index in [9.17, 15) is 9.59 Å². The maximum Gasteiger partial charge on any atom is 0.410 e. The fourth-order valence-electron chi connectivity index (χ4n) is 3.46. The number of rotatable bonds is 6. The highest BCUT2D eigenvalue weighted by Crippen LogP contribution is 2.31. The van der Waals surface area contributed by atoms with Gasteiger partial charge in [-0.25, -0.2) is 4.79 Å². The lowest BCUT2D eigenvalue weighted by molar-refractivity contribution is -0.161. The average Bonchev–Trinajstić information content (AvgIpc) is 3.19. The van der Waals surface area contributed by atoms with Crippen LogP contribution in [0.1, 0.15) is 58.4 Å². The van der Waals surface area contributed by atoms with Gasteiger partial charge in [-0.05, 0) is 83.7 Å². The Hall–Kier alpha value is -1.82. The zero-order chi connectivity index (χ0) is 21.8. The van der Waals surface area contributed by atoms with Crippen LogP contribution in [0.2, 0.25) is 0 Å². The molecule has 1 amide bonds. The second kappa shape index (κ2) is 9.33. The molecule has 2 rings (SSSR count). The molecule has 0 spiro atoms. The van der Waals surface area contributed by atoms with Crippen molar-refractivity contribution in [2.24, 2.45) is 11.8 Å². The van der Waals surface area contributed by atoms with Crippen LogP contribution in [0, 0.1) is 11.8 Å². The molecule has 1 aliphatic rings. The number of likely N-dealkylation sites (tertiary alicyclic amines) is 1. The SMILES string of the molecule is C=CCc1cc(C[C@H](C(=O)OC(C)(C)C)[C@H]2CCN(C(=O)OC(C)(C)C)C2)cs1. The van der Waals surface area contributed by atoms with Gasteiger partial charge in [-0.2, -0.15) is 0 Å². The van der Waals surface area contributed by atoms with Crippen molar-refractivity contribution in [2.75, 3.05) is 13.1 Å². The van der Waals surface area contributed by atoms with Crippen LogP contribution in [0.15, 0.2) is 24.1 Å². The van der Waals surface area contributed by atoms with Crippen molar-refractivity contribution in [1.82, 2.24) is 4.90 Å². The molecular formula is C23H35NO4S. The number of ether oxygens (including phenoxy) is 2. The molecule has 1 saturated heterocycles. The predicted molar refractivity (Wildman–Crippen MR) is 117 cm³/mol. The molecule has 1 aromatic rings. The van der Waals surface area contributed by atoms with Gasteiger partial charge in [-0.15, -0.1) is 17.9 Å². The largest absolute Gasteiger partial charge is 0.460 e. The lowest BCUT2D eigenvalue weighted by Crippen LogP contribution is -2.38. The van der Waals surface area contributed by atoms with Gasteiger partial charge in [0.05, 0.1) is 5.92 Å². The summed E-state index contributed by atoms with van der Waals surface area (Å²) in [5, 5.41) is 2.11. The highest BCUT2D eigenvalue weighted by Gasteiger charge is 2.39. The Morgan fingerprint density at radius 2 is 1.90 bits per heavy atom. The molecule has 2 atom stereocenters. The lowest BCUT2D eigenvalue weighted by atomic mass is 9.86. The first-order chi connectivity index (χ1) is 13.4. The molecule has 2 heterocycles. The number of hydrogen-bond donors (Lipinski definition) is 0. The second-order valence-corrected chi connectivity index (χ2v) is 10.7. The zero-order valence-electron chi connectivity index (χ0n) is 18.6. The van der Waals surface area contributed by atoms with Crippen LogP contribution in [-0.2, 0) is 27.1 Å². The number of nitrogens with zero attached hydrogens (tertiary/aromatic N) is 1. The van der Waals surface area contributed by atoms with Crippen molar-refractivity contribution in [3.05, 3.63) is 34.5 Å². The summed E-state index contributed by atoms with van der Waals surface area (Å²) in [5.41, 5.74) is 0.0674. The van der Waals surface area contributed by atoms with E-state index in [0.717, 1.165) is 18.4 Å². The standard InChI is InChI=1S/C23H35NO4S/c1-8-9-18-12-16(15-29-18)13-19(20(25)27-22(2,3)4)17-10-11-24(14-17)21(26)28-23(5,6)7/h8,12,15,17,19H,1,9-11,13-14H2,2-7H3/t17-,19-/m0/s1. The second-order valence-electron chi connectivity index (χ2n) is 9.73. The van der Waals surface area contributed by atoms with E-state index in [1.54, 1.807) is 16.2 Å². The van der Waals surface area contributed by atoms with Crippen LogP contribution >= 0.6 is 11.3 Å². The predicted octanol–water partition coefficient (Wildman–Crippen LogP) is 5.23. The lowest BCUT2D eigenvalue weighted by Gasteiger charge is -2.28. The Labute approximate surface area is 179 Å². The molecule has 0 radical (unpaired) electrons. The summed E-state index contributed by atoms with van der Waals surface area (Å²) < 4.78 is 11.2. The number of amides is 1. The Morgan fingerprint density at radius 3 is 2.48 bits per heavy atom. The highest BCUT2D eigenvalue weighted by atomic mass is 32.1. The Balaban J connectivity index is 2.13. The molecule has 0 aromatic carbocycles. The molecule has 0 saturated carbocycles. The average molecular weight is 422 g/mol. The van der Waals surface area contributed by atoms with Gasteiger partial charge in [0.2, 0.25) is 0 Å². The number of thiophene rings is 1. The number of hydrogen-bond acceptors (Lipinski definition) is 5. The Kier molecular flexibility index (Phi) is 7.55. The van der Waals surface area contributed by atoms with Crippen molar-refractivity contribution in [1.29, 1.82) is 0 Å². The van der Waals surface area contributed by atoms with Crippen LogP contribution in [0.3, 0.4) is 0 Å². The Morgan fingerprint density at radius 1 is 1.24 bits per heavy atom. The first-order valence-electron chi connectivity index (χ1n) is 10.3. The van der Waals surface area contributed by atoms with E-state index in [1.807, 2.05) is 47.6 Å². The van der Waals surface area contributed by atoms with Crippen LogP contribution in [0.4, 0.5) is 4.79 Å². The number of esters is 1. The maximum absolute atomic E-state index is 13.0. The molecule has 1 aromatic heterocycles. The minimum atomic E-state index is -0.540. The van der Waals surface area contributed by atoms with Gasteiger partial charge in [0, 0.05) is 18.0 Å². The van der Waals surface area contributed by atoms with Crippen molar-refractivity contribution >= 4 is 23.4 Å². The van der Waals surface area contributed by atoms with Crippen LogP contribution in [-0.4, -0.2) is 41.3 Å². The molecule has 0 bridgehead atoms. The van der Waals surface area contributed by atoms with Gasteiger partial charge >= 0.3 is 12.1 Å². The molecule has 5 nitrogen and oxygen atoms in total. The summed E-state index contributed by atoms with van der Waals surface area (Å²) >= 11 is 1.69. The fourth-order valence-corrected chi connectivity index (χ4v) is 4.36.